The predicted molar refractivity (Wildman–Crippen MR) is 125 cm³/mol. The summed E-state index contributed by atoms with van der Waals surface area (Å²) in [6.07, 6.45) is -12.8. The maximum atomic E-state index is 13.6. The van der Waals surface area contributed by atoms with Gasteiger partial charge in [-0.2, -0.15) is 39.5 Å². The molecule has 5 rings (SSSR count). The van der Waals surface area contributed by atoms with Gasteiger partial charge in [-0.05, 0) is 42.0 Å². The van der Waals surface area contributed by atoms with Crippen LogP contribution in [0.25, 0.3) is 22.2 Å². The second-order valence-corrected chi connectivity index (χ2v) is 8.90. The Kier molecular flexibility index (Phi) is 6.38. The van der Waals surface area contributed by atoms with Crippen molar-refractivity contribution >= 4 is 22.8 Å². The molecule has 1 aliphatic rings. The van der Waals surface area contributed by atoms with Crippen LogP contribution in [0.3, 0.4) is 0 Å². The lowest BCUT2D eigenvalue weighted by Crippen LogP contribution is -2.47. The Bertz CT molecular complexity index is 1500. The van der Waals surface area contributed by atoms with E-state index >= 15 is 0 Å². The van der Waals surface area contributed by atoms with Gasteiger partial charge in [-0.1, -0.05) is 12.1 Å². The highest BCUT2D eigenvalue weighted by molar-refractivity contribution is 5.94. The highest BCUT2D eigenvalue weighted by Gasteiger charge is 2.37. The van der Waals surface area contributed by atoms with Gasteiger partial charge in [-0.25, -0.2) is 9.97 Å². The van der Waals surface area contributed by atoms with Crippen molar-refractivity contribution in [1.29, 1.82) is 0 Å². The number of aromatic nitrogens is 3. The van der Waals surface area contributed by atoms with Crippen LogP contribution >= 0.6 is 0 Å². The lowest BCUT2D eigenvalue weighted by atomic mass is 9.99. The van der Waals surface area contributed by atoms with Crippen LogP contribution in [-0.4, -0.2) is 41.1 Å². The number of aromatic amines is 1. The number of imidazole rings is 1. The second-order valence-electron chi connectivity index (χ2n) is 8.90. The number of fused-ring (bicyclic) bond motifs is 1. The topological polar surface area (TPSA) is 48.1 Å². The molecule has 3 heterocycles. The van der Waals surface area contributed by atoms with Gasteiger partial charge in [0.25, 0.3) is 0 Å². The number of halogens is 9. The first-order valence-corrected chi connectivity index (χ1v) is 11.5. The molecule has 39 heavy (non-hydrogen) atoms. The fourth-order valence-electron chi connectivity index (χ4n) is 4.50. The van der Waals surface area contributed by atoms with Crippen LogP contribution in [0.1, 0.15) is 16.7 Å². The van der Waals surface area contributed by atoms with Gasteiger partial charge in [-0.15, -0.1) is 0 Å². The van der Waals surface area contributed by atoms with Gasteiger partial charge in [0.05, 0.1) is 27.7 Å². The Morgan fingerprint density at radius 2 is 1.36 bits per heavy atom. The molecule has 0 aliphatic carbocycles. The number of anilines is 2. The average Bonchev–Trinajstić information content (AvgIpc) is 3.31. The van der Waals surface area contributed by atoms with Crippen molar-refractivity contribution in [3.05, 3.63) is 71.4 Å². The van der Waals surface area contributed by atoms with Crippen molar-refractivity contribution in [2.75, 3.05) is 36.0 Å². The quantitative estimate of drug-likeness (QED) is 0.275. The van der Waals surface area contributed by atoms with E-state index in [1.807, 2.05) is 0 Å². The van der Waals surface area contributed by atoms with Gasteiger partial charge >= 0.3 is 18.5 Å². The van der Waals surface area contributed by atoms with Gasteiger partial charge in [0.2, 0.25) is 5.95 Å². The van der Waals surface area contributed by atoms with E-state index in [1.54, 1.807) is 4.90 Å². The Morgan fingerprint density at radius 3 is 2.00 bits per heavy atom. The largest absolute Gasteiger partial charge is 0.419 e. The fourth-order valence-corrected chi connectivity index (χ4v) is 4.50. The van der Waals surface area contributed by atoms with Crippen molar-refractivity contribution in [2.45, 2.75) is 18.5 Å². The van der Waals surface area contributed by atoms with Gasteiger partial charge in [0.15, 0.2) is 0 Å². The van der Waals surface area contributed by atoms with Crippen LogP contribution in [0.15, 0.2) is 54.7 Å². The normalized spacial score (nSPS) is 15.3. The van der Waals surface area contributed by atoms with Crippen LogP contribution in [0.2, 0.25) is 0 Å². The summed E-state index contributed by atoms with van der Waals surface area (Å²) in [6.45, 7) is 0.564. The molecule has 2 aromatic carbocycles. The molecular formula is C25H18F9N5. The predicted octanol–water partition coefficient (Wildman–Crippen LogP) is 7.01. The SMILES string of the molecule is FC(F)(F)c1cccc(-c2cc(C(F)(F)F)cc3[nH]c(N4CCN(c5ncccc5C(F)(F)F)CC4)nc23)c1. The average molecular weight is 559 g/mol. The molecule has 0 atom stereocenters. The highest BCUT2D eigenvalue weighted by atomic mass is 19.4. The molecule has 206 valence electrons. The summed E-state index contributed by atoms with van der Waals surface area (Å²) in [6, 6.07) is 7.63. The molecule has 0 radical (unpaired) electrons. The van der Waals surface area contributed by atoms with E-state index in [0.717, 1.165) is 36.4 Å². The van der Waals surface area contributed by atoms with Crippen LogP contribution in [0, 0.1) is 0 Å². The zero-order valence-electron chi connectivity index (χ0n) is 19.7. The van der Waals surface area contributed by atoms with E-state index < -0.39 is 35.2 Å². The third-order valence-corrected chi connectivity index (χ3v) is 6.37. The number of benzene rings is 2. The maximum absolute atomic E-state index is 13.6. The van der Waals surface area contributed by atoms with Gasteiger partial charge < -0.3 is 14.8 Å². The number of rotatable bonds is 3. The van der Waals surface area contributed by atoms with E-state index in [2.05, 4.69) is 15.0 Å². The summed E-state index contributed by atoms with van der Waals surface area (Å²) in [5.41, 5.74) is -3.23. The minimum atomic E-state index is -4.78. The monoisotopic (exact) mass is 559 g/mol. The standard InChI is InChI=1S/C25H18F9N5/c26-23(27,28)15-4-1-3-14(11-15)17-12-16(24(29,30)31)13-19-20(17)37-22(36-19)39-9-7-38(8-10-39)21-18(25(32,33)34)5-2-6-35-21/h1-6,11-13H,7-10H2,(H,36,37). The molecule has 0 unspecified atom stereocenters. The van der Waals surface area contributed by atoms with Crippen LogP contribution in [-0.2, 0) is 18.5 Å². The molecular weight excluding hydrogens is 541 g/mol. The molecule has 14 heteroatoms. The Hall–Kier alpha value is -3.97. The first kappa shape index (κ1) is 26.6. The maximum Gasteiger partial charge on any atom is 0.419 e. The number of H-pyrrole nitrogens is 1. The molecule has 2 aromatic heterocycles. The summed E-state index contributed by atoms with van der Waals surface area (Å²) < 4.78 is 121. The zero-order valence-corrected chi connectivity index (χ0v) is 19.7. The van der Waals surface area contributed by atoms with Crippen LogP contribution in [0.5, 0.6) is 0 Å². The summed E-state index contributed by atoms with van der Waals surface area (Å²) in [5, 5.41) is 0. The van der Waals surface area contributed by atoms with E-state index in [0.29, 0.717) is 0 Å². The highest BCUT2D eigenvalue weighted by Crippen LogP contribution is 2.40. The third kappa shape index (κ3) is 5.32. The number of hydrogen-bond donors (Lipinski definition) is 1. The summed E-state index contributed by atoms with van der Waals surface area (Å²) in [7, 11) is 0. The molecule has 5 nitrogen and oxygen atoms in total. The third-order valence-electron chi connectivity index (χ3n) is 6.37. The molecule has 1 aliphatic heterocycles. The summed E-state index contributed by atoms with van der Waals surface area (Å²) in [4.78, 5) is 14.2. The van der Waals surface area contributed by atoms with Crippen molar-refractivity contribution in [3.63, 3.8) is 0 Å². The summed E-state index contributed by atoms with van der Waals surface area (Å²) >= 11 is 0. The first-order chi connectivity index (χ1) is 18.2. The molecule has 4 aromatic rings. The number of nitrogens with one attached hydrogen (secondary N) is 1. The minimum Gasteiger partial charge on any atom is -0.353 e. The zero-order chi connectivity index (χ0) is 28.2. The number of pyridine rings is 1. The Labute approximate surface area is 214 Å². The second kappa shape index (κ2) is 9.35. The number of nitrogens with zero attached hydrogens (tertiary/aromatic N) is 4. The smallest absolute Gasteiger partial charge is 0.353 e. The molecule has 1 saturated heterocycles. The molecule has 0 amide bonds. The van der Waals surface area contributed by atoms with Crippen molar-refractivity contribution < 1.29 is 39.5 Å². The van der Waals surface area contributed by atoms with Crippen LogP contribution < -0.4 is 9.80 Å². The minimum absolute atomic E-state index is 0.0313. The summed E-state index contributed by atoms with van der Waals surface area (Å²) in [5.74, 6) is -0.0785. The van der Waals surface area contributed by atoms with Crippen molar-refractivity contribution in [3.8, 4) is 11.1 Å². The van der Waals surface area contributed by atoms with Crippen LogP contribution in [0.4, 0.5) is 51.3 Å². The number of alkyl halides is 9. The van der Waals surface area contributed by atoms with E-state index in [-0.39, 0.29) is 60.1 Å². The lowest BCUT2D eigenvalue weighted by molar-refractivity contribution is -0.138. The van der Waals surface area contributed by atoms with E-state index in [4.69, 9.17) is 0 Å². The molecule has 1 N–H and O–H groups in total. The Balaban J connectivity index is 1.49. The molecule has 1 fully saturated rings. The fraction of sp³-hybridized carbons (Fsp3) is 0.280. The lowest BCUT2D eigenvalue weighted by Gasteiger charge is -2.36. The molecule has 0 spiro atoms. The van der Waals surface area contributed by atoms with Crippen molar-refractivity contribution in [1.82, 2.24) is 15.0 Å². The number of piperazine rings is 1. The first-order valence-electron chi connectivity index (χ1n) is 11.5. The van der Waals surface area contributed by atoms with Crippen molar-refractivity contribution in [2.24, 2.45) is 0 Å². The Morgan fingerprint density at radius 1 is 0.692 bits per heavy atom. The van der Waals surface area contributed by atoms with E-state index in [9.17, 15) is 39.5 Å². The number of hydrogen-bond acceptors (Lipinski definition) is 4. The van der Waals surface area contributed by atoms with Gasteiger partial charge in [0.1, 0.15) is 5.82 Å². The molecule has 0 saturated carbocycles. The van der Waals surface area contributed by atoms with Gasteiger partial charge in [0, 0.05) is 37.9 Å². The van der Waals surface area contributed by atoms with Gasteiger partial charge in [-0.3, -0.25) is 0 Å². The molecule has 0 bridgehead atoms. The van der Waals surface area contributed by atoms with E-state index in [1.165, 1.54) is 23.2 Å².